The standard InChI is InChI=1S/C15H18F2N2O2/c16-13-9-14(17)15(19(20)21)8-12(13)10-18-7-6-11-4-2-1-3-5-11/h4,8-9,18H,1-3,5-7,10H2. The van der Waals surface area contributed by atoms with E-state index in [9.17, 15) is 18.9 Å². The Kier molecular flexibility index (Phi) is 5.38. The second kappa shape index (κ2) is 7.26. The molecule has 0 saturated carbocycles. The molecule has 0 bridgehead atoms. The summed E-state index contributed by atoms with van der Waals surface area (Å²) in [7, 11) is 0. The van der Waals surface area contributed by atoms with Crippen molar-refractivity contribution in [3.05, 3.63) is 51.1 Å². The van der Waals surface area contributed by atoms with E-state index in [4.69, 9.17) is 0 Å². The molecular formula is C15H18F2N2O2. The lowest BCUT2D eigenvalue weighted by Gasteiger charge is -2.13. The average Bonchev–Trinajstić information content (AvgIpc) is 2.46. The first-order chi connectivity index (χ1) is 10.1. The minimum Gasteiger partial charge on any atom is -0.312 e. The van der Waals surface area contributed by atoms with Gasteiger partial charge in [0.2, 0.25) is 5.82 Å². The van der Waals surface area contributed by atoms with Crippen LogP contribution in [0.4, 0.5) is 14.5 Å². The van der Waals surface area contributed by atoms with Crippen LogP contribution in [0.15, 0.2) is 23.8 Å². The van der Waals surface area contributed by atoms with Gasteiger partial charge in [0.05, 0.1) is 4.92 Å². The maximum atomic E-state index is 13.6. The van der Waals surface area contributed by atoms with Crippen molar-refractivity contribution in [1.29, 1.82) is 0 Å². The Hall–Kier alpha value is -1.82. The number of allylic oxidation sites excluding steroid dienone is 1. The molecule has 4 nitrogen and oxygen atoms in total. The van der Waals surface area contributed by atoms with E-state index in [0.29, 0.717) is 12.6 Å². The van der Waals surface area contributed by atoms with Crippen LogP contribution < -0.4 is 5.32 Å². The predicted molar refractivity (Wildman–Crippen MR) is 75.9 cm³/mol. The van der Waals surface area contributed by atoms with Crippen molar-refractivity contribution >= 4 is 5.69 Å². The molecule has 1 aliphatic rings. The highest BCUT2D eigenvalue weighted by molar-refractivity contribution is 5.37. The molecule has 1 aliphatic carbocycles. The van der Waals surface area contributed by atoms with Crippen molar-refractivity contribution in [3.63, 3.8) is 0 Å². The van der Waals surface area contributed by atoms with Gasteiger partial charge >= 0.3 is 5.69 Å². The van der Waals surface area contributed by atoms with Gasteiger partial charge in [0, 0.05) is 24.2 Å². The molecule has 0 heterocycles. The number of nitrogens with one attached hydrogen (secondary N) is 1. The highest BCUT2D eigenvalue weighted by Gasteiger charge is 2.18. The molecule has 1 aromatic rings. The molecule has 0 atom stereocenters. The van der Waals surface area contributed by atoms with Crippen LogP contribution in [-0.4, -0.2) is 11.5 Å². The SMILES string of the molecule is O=[N+]([O-])c1cc(CNCCC2=CCCCC2)c(F)cc1F. The smallest absolute Gasteiger partial charge is 0.305 e. The van der Waals surface area contributed by atoms with Gasteiger partial charge in [0.25, 0.3) is 0 Å². The molecule has 0 fully saturated rings. The normalized spacial score (nSPS) is 14.9. The van der Waals surface area contributed by atoms with E-state index in [0.717, 1.165) is 25.3 Å². The molecule has 21 heavy (non-hydrogen) atoms. The molecule has 0 unspecified atom stereocenters. The van der Waals surface area contributed by atoms with Crippen molar-refractivity contribution < 1.29 is 13.7 Å². The van der Waals surface area contributed by atoms with Crippen molar-refractivity contribution in [2.24, 2.45) is 0 Å². The van der Waals surface area contributed by atoms with Crippen molar-refractivity contribution in [2.45, 2.75) is 38.6 Å². The number of benzene rings is 1. The topological polar surface area (TPSA) is 55.2 Å². The van der Waals surface area contributed by atoms with Crippen LogP contribution >= 0.6 is 0 Å². The number of hydrogen-bond donors (Lipinski definition) is 1. The van der Waals surface area contributed by atoms with Crippen LogP contribution in [0.1, 0.15) is 37.7 Å². The van der Waals surface area contributed by atoms with Crippen LogP contribution in [0.3, 0.4) is 0 Å². The van der Waals surface area contributed by atoms with E-state index in [1.54, 1.807) is 0 Å². The molecule has 0 aliphatic heterocycles. The molecule has 0 radical (unpaired) electrons. The van der Waals surface area contributed by atoms with Crippen molar-refractivity contribution in [2.75, 3.05) is 6.54 Å². The summed E-state index contributed by atoms with van der Waals surface area (Å²) in [6, 6.07) is 1.52. The highest BCUT2D eigenvalue weighted by Crippen LogP contribution is 2.22. The summed E-state index contributed by atoms with van der Waals surface area (Å²) in [6.07, 6.45) is 7.82. The Morgan fingerprint density at radius 2 is 2.05 bits per heavy atom. The monoisotopic (exact) mass is 296 g/mol. The Morgan fingerprint density at radius 3 is 2.71 bits per heavy atom. The van der Waals surface area contributed by atoms with Crippen LogP contribution in [-0.2, 0) is 6.54 Å². The van der Waals surface area contributed by atoms with E-state index >= 15 is 0 Å². The van der Waals surface area contributed by atoms with Crippen LogP contribution in [0.2, 0.25) is 0 Å². The van der Waals surface area contributed by atoms with Gasteiger partial charge < -0.3 is 5.32 Å². The third kappa shape index (κ3) is 4.32. The largest absolute Gasteiger partial charge is 0.312 e. The minimum atomic E-state index is -1.14. The van der Waals surface area contributed by atoms with Gasteiger partial charge in [0.15, 0.2) is 0 Å². The Morgan fingerprint density at radius 1 is 1.24 bits per heavy atom. The van der Waals surface area contributed by atoms with E-state index in [1.807, 2.05) is 0 Å². The summed E-state index contributed by atoms with van der Waals surface area (Å²) in [5.74, 6) is -1.91. The van der Waals surface area contributed by atoms with Gasteiger partial charge in [-0.25, -0.2) is 4.39 Å². The van der Waals surface area contributed by atoms with Gasteiger partial charge in [-0.3, -0.25) is 10.1 Å². The summed E-state index contributed by atoms with van der Waals surface area (Å²) in [6.45, 7) is 0.830. The Bertz CT molecular complexity index is 559. The maximum absolute atomic E-state index is 13.6. The second-order valence-corrected chi connectivity index (χ2v) is 5.19. The molecule has 0 aromatic heterocycles. The lowest BCUT2D eigenvalue weighted by molar-refractivity contribution is -0.387. The van der Waals surface area contributed by atoms with Crippen LogP contribution in [0, 0.1) is 21.7 Å². The van der Waals surface area contributed by atoms with E-state index in [-0.39, 0.29) is 12.1 Å². The summed E-state index contributed by atoms with van der Waals surface area (Å²) < 4.78 is 26.8. The summed E-state index contributed by atoms with van der Waals surface area (Å²) in [4.78, 5) is 9.79. The molecule has 6 heteroatoms. The maximum Gasteiger partial charge on any atom is 0.305 e. The fraction of sp³-hybridized carbons (Fsp3) is 0.467. The zero-order valence-corrected chi connectivity index (χ0v) is 11.7. The van der Waals surface area contributed by atoms with Gasteiger partial charge in [-0.1, -0.05) is 11.6 Å². The highest BCUT2D eigenvalue weighted by atomic mass is 19.1. The first-order valence-corrected chi connectivity index (χ1v) is 7.09. The average molecular weight is 296 g/mol. The first kappa shape index (κ1) is 15.6. The molecule has 0 amide bonds. The summed E-state index contributed by atoms with van der Waals surface area (Å²) >= 11 is 0. The summed E-state index contributed by atoms with van der Waals surface area (Å²) in [5.41, 5.74) is 0.822. The van der Waals surface area contributed by atoms with Gasteiger partial charge in [-0.15, -0.1) is 0 Å². The van der Waals surface area contributed by atoms with E-state index < -0.39 is 22.2 Å². The lowest BCUT2D eigenvalue weighted by Crippen LogP contribution is -2.17. The predicted octanol–water partition coefficient (Wildman–Crippen LogP) is 3.85. The minimum absolute atomic E-state index is 0.112. The fourth-order valence-corrected chi connectivity index (χ4v) is 2.46. The lowest BCUT2D eigenvalue weighted by atomic mass is 9.97. The van der Waals surface area contributed by atoms with Gasteiger partial charge in [0.1, 0.15) is 5.82 Å². The molecule has 2 rings (SSSR count). The number of nitro groups is 1. The Balaban J connectivity index is 1.89. The third-order valence-electron chi connectivity index (χ3n) is 3.64. The summed E-state index contributed by atoms with van der Waals surface area (Å²) in [5, 5.41) is 13.7. The number of nitro benzene ring substituents is 1. The van der Waals surface area contributed by atoms with Crippen molar-refractivity contribution in [1.82, 2.24) is 5.32 Å². The van der Waals surface area contributed by atoms with Gasteiger partial charge in [-0.05, 0) is 38.6 Å². The third-order valence-corrected chi connectivity index (χ3v) is 3.64. The molecule has 1 aromatic carbocycles. The molecule has 1 N–H and O–H groups in total. The molecule has 0 saturated heterocycles. The van der Waals surface area contributed by atoms with Crippen molar-refractivity contribution in [3.8, 4) is 0 Å². The zero-order valence-electron chi connectivity index (χ0n) is 11.7. The number of rotatable bonds is 6. The number of nitrogens with zero attached hydrogens (tertiary/aromatic N) is 1. The van der Waals surface area contributed by atoms with E-state index in [1.165, 1.54) is 18.4 Å². The Labute approximate surface area is 122 Å². The van der Waals surface area contributed by atoms with Gasteiger partial charge in [-0.2, -0.15) is 4.39 Å². The van der Waals surface area contributed by atoms with Crippen LogP contribution in [0.5, 0.6) is 0 Å². The molecular weight excluding hydrogens is 278 g/mol. The van der Waals surface area contributed by atoms with Crippen LogP contribution in [0.25, 0.3) is 0 Å². The van der Waals surface area contributed by atoms with E-state index in [2.05, 4.69) is 11.4 Å². The first-order valence-electron chi connectivity index (χ1n) is 7.09. The quantitative estimate of drug-likeness (QED) is 0.375. The molecule has 114 valence electrons. The number of hydrogen-bond acceptors (Lipinski definition) is 3. The fourth-order valence-electron chi connectivity index (χ4n) is 2.46. The zero-order chi connectivity index (χ0) is 15.2. The molecule has 0 spiro atoms. The second-order valence-electron chi connectivity index (χ2n) is 5.19. The number of halogens is 2.